The van der Waals surface area contributed by atoms with E-state index >= 15 is 0 Å². The molecule has 2 rings (SSSR count). The molecule has 0 aliphatic heterocycles. The van der Waals surface area contributed by atoms with Crippen molar-refractivity contribution >= 4 is 17.5 Å². The Morgan fingerprint density at radius 3 is 2.21 bits per heavy atom. The topological polar surface area (TPSA) is 52.6 Å². The highest BCUT2D eigenvalue weighted by Gasteiger charge is 2.55. The standard InChI is InChI=1S/C20H24O4/c1-14(2)10-11-17-16(15-8-6-5-7-9-15)12-13-20(17,18(21)23-3)19(22)24-4/h5-9H,1,10-13H2,2-4H3. The number of hydrogen-bond acceptors (Lipinski definition) is 4. The molecular formula is C20H24O4. The first kappa shape index (κ1) is 18.0. The first-order valence-electron chi connectivity index (χ1n) is 8.06. The molecule has 0 bridgehead atoms. The fourth-order valence-corrected chi connectivity index (χ4v) is 3.41. The van der Waals surface area contributed by atoms with Gasteiger partial charge in [-0.25, -0.2) is 0 Å². The van der Waals surface area contributed by atoms with E-state index in [-0.39, 0.29) is 0 Å². The Balaban J connectivity index is 2.61. The molecule has 0 amide bonds. The molecule has 4 heteroatoms. The van der Waals surface area contributed by atoms with Gasteiger partial charge in [0.25, 0.3) is 0 Å². The molecule has 0 aromatic heterocycles. The van der Waals surface area contributed by atoms with Gasteiger partial charge in [-0.05, 0) is 49.3 Å². The van der Waals surface area contributed by atoms with E-state index in [1.807, 2.05) is 37.3 Å². The van der Waals surface area contributed by atoms with Gasteiger partial charge in [-0.1, -0.05) is 35.9 Å². The van der Waals surface area contributed by atoms with Gasteiger partial charge in [0.1, 0.15) is 0 Å². The highest BCUT2D eigenvalue weighted by atomic mass is 16.5. The predicted molar refractivity (Wildman–Crippen MR) is 93.1 cm³/mol. The quantitative estimate of drug-likeness (QED) is 0.451. The monoisotopic (exact) mass is 328 g/mol. The molecule has 4 nitrogen and oxygen atoms in total. The van der Waals surface area contributed by atoms with Crippen LogP contribution in [0.5, 0.6) is 0 Å². The molecule has 0 atom stereocenters. The van der Waals surface area contributed by atoms with E-state index in [2.05, 4.69) is 6.58 Å². The minimum Gasteiger partial charge on any atom is -0.468 e. The van der Waals surface area contributed by atoms with Gasteiger partial charge < -0.3 is 9.47 Å². The third kappa shape index (κ3) is 3.14. The van der Waals surface area contributed by atoms with Crippen molar-refractivity contribution in [3.8, 4) is 0 Å². The van der Waals surface area contributed by atoms with E-state index in [4.69, 9.17) is 9.47 Å². The van der Waals surface area contributed by atoms with E-state index in [0.717, 1.165) is 22.3 Å². The van der Waals surface area contributed by atoms with Crippen molar-refractivity contribution in [2.45, 2.75) is 32.6 Å². The zero-order valence-corrected chi connectivity index (χ0v) is 14.6. The minimum atomic E-state index is -1.34. The molecule has 0 radical (unpaired) electrons. The summed E-state index contributed by atoms with van der Waals surface area (Å²) in [7, 11) is 2.62. The van der Waals surface area contributed by atoms with Crippen LogP contribution < -0.4 is 0 Å². The van der Waals surface area contributed by atoms with Crippen LogP contribution in [0.4, 0.5) is 0 Å². The lowest BCUT2D eigenvalue weighted by Crippen LogP contribution is -2.41. The second kappa shape index (κ2) is 7.47. The molecule has 1 aromatic rings. The number of benzene rings is 1. The van der Waals surface area contributed by atoms with Crippen LogP contribution in [0, 0.1) is 5.41 Å². The van der Waals surface area contributed by atoms with Crippen molar-refractivity contribution < 1.29 is 19.1 Å². The third-order valence-corrected chi connectivity index (χ3v) is 4.62. The molecule has 0 spiro atoms. The van der Waals surface area contributed by atoms with Crippen LogP contribution in [0.3, 0.4) is 0 Å². The molecule has 0 fully saturated rings. The summed E-state index contributed by atoms with van der Waals surface area (Å²) in [4.78, 5) is 25.2. The summed E-state index contributed by atoms with van der Waals surface area (Å²) in [5.74, 6) is -1.09. The molecule has 128 valence electrons. The number of methoxy groups -OCH3 is 2. The van der Waals surface area contributed by atoms with Crippen molar-refractivity contribution in [3.05, 3.63) is 53.6 Å². The Bertz CT molecular complexity index is 654. The molecule has 0 unspecified atom stereocenters. The highest BCUT2D eigenvalue weighted by Crippen LogP contribution is 2.50. The van der Waals surface area contributed by atoms with Crippen molar-refractivity contribution in [3.63, 3.8) is 0 Å². The average Bonchev–Trinajstić information content (AvgIpc) is 2.99. The zero-order chi connectivity index (χ0) is 17.7. The Hall–Kier alpha value is -2.36. The predicted octanol–water partition coefficient (Wildman–Crippen LogP) is 3.92. The van der Waals surface area contributed by atoms with Crippen LogP contribution in [-0.4, -0.2) is 26.2 Å². The number of esters is 2. The van der Waals surface area contributed by atoms with Crippen molar-refractivity contribution in [2.24, 2.45) is 5.41 Å². The number of carbonyl (C=O) groups is 2. The number of rotatable bonds is 6. The summed E-state index contributed by atoms with van der Waals surface area (Å²) in [6.45, 7) is 5.88. The van der Waals surface area contributed by atoms with Gasteiger partial charge in [0.15, 0.2) is 5.41 Å². The van der Waals surface area contributed by atoms with Gasteiger partial charge in [0, 0.05) is 0 Å². The van der Waals surface area contributed by atoms with Crippen LogP contribution in [-0.2, 0) is 19.1 Å². The van der Waals surface area contributed by atoms with Crippen LogP contribution >= 0.6 is 0 Å². The van der Waals surface area contributed by atoms with Gasteiger partial charge in [-0.3, -0.25) is 9.59 Å². The molecule has 1 aliphatic carbocycles. The highest BCUT2D eigenvalue weighted by molar-refractivity contribution is 6.07. The first-order chi connectivity index (χ1) is 11.5. The lowest BCUT2D eigenvalue weighted by atomic mass is 9.78. The zero-order valence-electron chi connectivity index (χ0n) is 14.6. The van der Waals surface area contributed by atoms with Gasteiger partial charge >= 0.3 is 11.9 Å². The summed E-state index contributed by atoms with van der Waals surface area (Å²) >= 11 is 0. The SMILES string of the molecule is C=C(C)CCC1=C(c2ccccc2)CCC1(C(=O)OC)C(=O)OC. The second-order valence-electron chi connectivity index (χ2n) is 6.17. The second-order valence-corrected chi connectivity index (χ2v) is 6.17. The van der Waals surface area contributed by atoms with E-state index in [1.165, 1.54) is 14.2 Å². The Kier molecular flexibility index (Phi) is 5.60. The van der Waals surface area contributed by atoms with Crippen LogP contribution in [0.1, 0.15) is 38.2 Å². The lowest BCUT2D eigenvalue weighted by molar-refractivity contribution is -0.166. The smallest absolute Gasteiger partial charge is 0.327 e. The van der Waals surface area contributed by atoms with Crippen LogP contribution in [0.2, 0.25) is 0 Å². The summed E-state index contributed by atoms with van der Waals surface area (Å²) in [6, 6.07) is 9.85. The Morgan fingerprint density at radius 1 is 1.12 bits per heavy atom. The van der Waals surface area contributed by atoms with Gasteiger partial charge in [0.05, 0.1) is 14.2 Å². The van der Waals surface area contributed by atoms with E-state index < -0.39 is 17.4 Å². The number of ether oxygens (including phenoxy) is 2. The van der Waals surface area contributed by atoms with E-state index in [0.29, 0.717) is 25.7 Å². The number of hydrogen-bond donors (Lipinski definition) is 0. The van der Waals surface area contributed by atoms with Gasteiger partial charge in [-0.15, -0.1) is 6.58 Å². The van der Waals surface area contributed by atoms with Crippen molar-refractivity contribution in [1.82, 2.24) is 0 Å². The van der Waals surface area contributed by atoms with Crippen LogP contribution in [0.25, 0.3) is 5.57 Å². The van der Waals surface area contributed by atoms with Crippen molar-refractivity contribution in [2.75, 3.05) is 14.2 Å². The Labute approximate surface area is 143 Å². The third-order valence-electron chi connectivity index (χ3n) is 4.62. The molecule has 0 N–H and O–H groups in total. The van der Waals surface area contributed by atoms with E-state index in [1.54, 1.807) is 0 Å². The van der Waals surface area contributed by atoms with Crippen molar-refractivity contribution in [1.29, 1.82) is 0 Å². The van der Waals surface area contributed by atoms with E-state index in [9.17, 15) is 9.59 Å². The fraction of sp³-hybridized carbons (Fsp3) is 0.400. The molecule has 1 aromatic carbocycles. The maximum Gasteiger partial charge on any atom is 0.327 e. The molecular weight excluding hydrogens is 304 g/mol. The summed E-state index contributed by atoms with van der Waals surface area (Å²) in [5.41, 5.74) is 2.53. The molecule has 1 aliphatic rings. The van der Waals surface area contributed by atoms with Gasteiger partial charge in [-0.2, -0.15) is 0 Å². The maximum absolute atomic E-state index is 12.6. The maximum atomic E-state index is 12.6. The molecule has 24 heavy (non-hydrogen) atoms. The largest absolute Gasteiger partial charge is 0.468 e. The average molecular weight is 328 g/mol. The molecule has 0 saturated carbocycles. The number of carbonyl (C=O) groups excluding carboxylic acids is 2. The van der Waals surface area contributed by atoms with Crippen LogP contribution in [0.15, 0.2) is 48.1 Å². The summed E-state index contributed by atoms with van der Waals surface area (Å²) < 4.78 is 9.97. The molecule has 0 saturated heterocycles. The summed E-state index contributed by atoms with van der Waals surface area (Å²) in [5, 5.41) is 0. The number of allylic oxidation sites excluding steroid dienone is 2. The Morgan fingerprint density at radius 2 is 1.71 bits per heavy atom. The van der Waals surface area contributed by atoms with Gasteiger partial charge in [0.2, 0.25) is 0 Å². The first-order valence-corrected chi connectivity index (χ1v) is 8.06. The summed E-state index contributed by atoms with van der Waals surface area (Å²) in [6.07, 6.45) is 2.31. The lowest BCUT2D eigenvalue weighted by Gasteiger charge is -2.27. The minimum absolute atomic E-state index is 0.377. The molecule has 0 heterocycles. The fourth-order valence-electron chi connectivity index (χ4n) is 3.41. The normalized spacial score (nSPS) is 16.0.